The van der Waals surface area contributed by atoms with Gasteiger partial charge in [0.15, 0.2) is 0 Å². The van der Waals surface area contributed by atoms with E-state index in [9.17, 15) is 4.79 Å². The molecular formula is C11H20O. The summed E-state index contributed by atoms with van der Waals surface area (Å²) in [5, 5.41) is 0. The van der Waals surface area contributed by atoms with Gasteiger partial charge in [0.1, 0.15) is 6.29 Å². The van der Waals surface area contributed by atoms with Gasteiger partial charge < -0.3 is 0 Å². The van der Waals surface area contributed by atoms with E-state index in [4.69, 9.17) is 0 Å². The van der Waals surface area contributed by atoms with Crippen molar-refractivity contribution in [2.75, 3.05) is 0 Å². The first-order valence-corrected chi connectivity index (χ1v) is 4.82. The normalized spacial score (nSPS) is 16.2. The van der Waals surface area contributed by atoms with Crippen LogP contribution in [0.2, 0.25) is 0 Å². The van der Waals surface area contributed by atoms with Crippen molar-refractivity contribution in [2.45, 2.75) is 40.0 Å². The molecule has 0 fully saturated rings. The molecule has 0 bridgehead atoms. The lowest BCUT2D eigenvalue weighted by Crippen LogP contribution is -2.06. The molecule has 70 valence electrons. The highest BCUT2D eigenvalue weighted by Gasteiger charge is 2.08. The van der Waals surface area contributed by atoms with Gasteiger partial charge in [-0.1, -0.05) is 39.7 Å². The standard InChI is InChI=1S/C11H20O/c1-4-7-10(2)11(3)8-5-6-9-12/h5-6,9-11H,4,7-8H2,1-3H3/b6-5+. The van der Waals surface area contributed by atoms with Crippen LogP contribution in [-0.2, 0) is 4.79 Å². The van der Waals surface area contributed by atoms with Crippen LogP contribution in [-0.4, -0.2) is 6.29 Å². The van der Waals surface area contributed by atoms with Crippen molar-refractivity contribution in [3.05, 3.63) is 12.2 Å². The van der Waals surface area contributed by atoms with E-state index in [0.717, 1.165) is 18.6 Å². The maximum Gasteiger partial charge on any atom is 0.142 e. The van der Waals surface area contributed by atoms with E-state index in [1.54, 1.807) is 6.08 Å². The fourth-order valence-corrected chi connectivity index (χ4v) is 1.32. The molecule has 0 spiro atoms. The Hall–Kier alpha value is -0.590. The minimum atomic E-state index is 0.696. The highest BCUT2D eigenvalue weighted by atomic mass is 16.1. The molecule has 0 saturated heterocycles. The highest BCUT2D eigenvalue weighted by molar-refractivity contribution is 5.64. The van der Waals surface area contributed by atoms with Crippen molar-refractivity contribution >= 4 is 6.29 Å². The third kappa shape index (κ3) is 5.11. The molecule has 2 unspecified atom stereocenters. The summed E-state index contributed by atoms with van der Waals surface area (Å²) in [6, 6.07) is 0. The molecule has 0 aliphatic heterocycles. The van der Waals surface area contributed by atoms with E-state index >= 15 is 0 Å². The molecule has 0 saturated carbocycles. The van der Waals surface area contributed by atoms with Crippen LogP contribution in [0.15, 0.2) is 12.2 Å². The summed E-state index contributed by atoms with van der Waals surface area (Å²) in [4.78, 5) is 10.00. The fraction of sp³-hybridized carbons (Fsp3) is 0.727. The predicted octanol–water partition coefficient (Wildman–Crippen LogP) is 3.20. The zero-order valence-corrected chi connectivity index (χ0v) is 8.42. The Morgan fingerprint density at radius 2 is 1.92 bits per heavy atom. The second kappa shape index (κ2) is 7.08. The predicted molar refractivity (Wildman–Crippen MR) is 53.1 cm³/mol. The molecule has 0 aromatic carbocycles. The van der Waals surface area contributed by atoms with Gasteiger partial charge in [-0.05, 0) is 24.3 Å². The van der Waals surface area contributed by atoms with Crippen LogP contribution in [0.5, 0.6) is 0 Å². The minimum Gasteiger partial charge on any atom is -0.299 e. The molecule has 2 atom stereocenters. The van der Waals surface area contributed by atoms with Crippen molar-refractivity contribution in [1.29, 1.82) is 0 Å². The molecule has 0 heterocycles. The third-order valence-corrected chi connectivity index (χ3v) is 2.44. The molecule has 1 heteroatoms. The van der Waals surface area contributed by atoms with E-state index < -0.39 is 0 Å². The lowest BCUT2D eigenvalue weighted by molar-refractivity contribution is -0.104. The largest absolute Gasteiger partial charge is 0.299 e. The number of hydrogen-bond acceptors (Lipinski definition) is 1. The smallest absolute Gasteiger partial charge is 0.142 e. The maximum absolute atomic E-state index is 10.00. The van der Waals surface area contributed by atoms with Crippen molar-refractivity contribution in [3.8, 4) is 0 Å². The quantitative estimate of drug-likeness (QED) is 0.439. The van der Waals surface area contributed by atoms with E-state index in [2.05, 4.69) is 20.8 Å². The molecule has 0 rings (SSSR count). The van der Waals surface area contributed by atoms with Gasteiger partial charge in [-0.2, -0.15) is 0 Å². The summed E-state index contributed by atoms with van der Waals surface area (Å²) in [5.74, 6) is 1.47. The molecule has 0 amide bonds. The van der Waals surface area contributed by atoms with Crippen molar-refractivity contribution in [1.82, 2.24) is 0 Å². The van der Waals surface area contributed by atoms with Gasteiger partial charge in [0, 0.05) is 0 Å². The average molecular weight is 168 g/mol. The van der Waals surface area contributed by atoms with Crippen LogP contribution in [0.4, 0.5) is 0 Å². The van der Waals surface area contributed by atoms with Gasteiger partial charge in [0.25, 0.3) is 0 Å². The van der Waals surface area contributed by atoms with Crippen molar-refractivity contribution < 1.29 is 4.79 Å². The number of aldehydes is 1. The van der Waals surface area contributed by atoms with Gasteiger partial charge in [-0.3, -0.25) is 4.79 Å². The summed E-state index contributed by atoms with van der Waals surface area (Å²) >= 11 is 0. The molecule has 0 aromatic heterocycles. The fourth-order valence-electron chi connectivity index (χ4n) is 1.32. The van der Waals surface area contributed by atoms with Gasteiger partial charge in [0.2, 0.25) is 0 Å². The Labute approximate surface area is 75.9 Å². The summed E-state index contributed by atoms with van der Waals surface area (Å²) in [7, 11) is 0. The second-order valence-corrected chi connectivity index (χ2v) is 3.54. The number of hydrogen-bond donors (Lipinski definition) is 0. The van der Waals surface area contributed by atoms with E-state index in [1.807, 2.05) is 6.08 Å². The number of carbonyl (C=O) groups is 1. The molecule has 0 N–H and O–H groups in total. The Bertz CT molecular complexity index is 138. The summed E-state index contributed by atoms with van der Waals surface area (Å²) in [6.45, 7) is 6.74. The zero-order valence-electron chi connectivity index (χ0n) is 8.42. The molecule has 12 heavy (non-hydrogen) atoms. The van der Waals surface area contributed by atoms with Gasteiger partial charge in [-0.25, -0.2) is 0 Å². The Balaban J connectivity index is 3.62. The maximum atomic E-state index is 10.00. The lowest BCUT2D eigenvalue weighted by Gasteiger charge is -2.16. The summed E-state index contributed by atoms with van der Waals surface area (Å²) in [5.41, 5.74) is 0. The Kier molecular flexibility index (Phi) is 6.73. The van der Waals surface area contributed by atoms with Gasteiger partial charge in [0.05, 0.1) is 0 Å². The van der Waals surface area contributed by atoms with Crippen LogP contribution in [0, 0.1) is 11.8 Å². The van der Waals surface area contributed by atoms with E-state index in [-0.39, 0.29) is 0 Å². The second-order valence-electron chi connectivity index (χ2n) is 3.54. The first-order chi connectivity index (χ1) is 5.72. The van der Waals surface area contributed by atoms with E-state index in [0.29, 0.717) is 5.92 Å². The minimum absolute atomic E-state index is 0.696. The first kappa shape index (κ1) is 11.4. The number of carbonyl (C=O) groups excluding carboxylic acids is 1. The van der Waals surface area contributed by atoms with Crippen molar-refractivity contribution in [2.24, 2.45) is 11.8 Å². The third-order valence-electron chi connectivity index (χ3n) is 2.44. The van der Waals surface area contributed by atoms with Crippen LogP contribution in [0.1, 0.15) is 40.0 Å². The van der Waals surface area contributed by atoms with Crippen molar-refractivity contribution in [3.63, 3.8) is 0 Å². The monoisotopic (exact) mass is 168 g/mol. The van der Waals surface area contributed by atoms with E-state index in [1.165, 1.54) is 12.8 Å². The summed E-state index contributed by atoms with van der Waals surface area (Å²) in [6.07, 6.45) is 7.97. The van der Waals surface area contributed by atoms with Crippen LogP contribution < -0.4 is 0 Å². The molecule has 1 nitrogen and oxygen atoms in total. The van der Waals surface area contributed by atoms with Crippen LogP contribution >= 0.6 is 0 Å². The molecule has 0 aromatic rings. The van der Waals surface area contributed by atoms with Crippen LogP contribution in [0.3, 0.4) is 0 Å². The van der Waals surface area contributed by atoms with Crippen LogP contribution in [0.25, 0.3) is 0 Å². The highest BCUT2D eigenvalue weighted by Crippen LogP contribution is 2.19. The molecule has 0 radical (unpaired) electrons. The zero-order chi connectivity index (χ0) is 9.40. The lowest BCUT2D eigenvalue weighted by atomic mass is 9.89. The average Bonchev–Trinajstić information content (AvgIpc) is 2.05. The Morgan fingerprint density at radius 3 is 2.42 bits per heavy atom. The van der Waals surface area contributed by atoms with Gasteiger partial charge in [-0.15, -0.1) is 0 Å². The van der Waals surface area contributed by atoms with Gasteiger partial charge >= 0.3 is 0 Å². The molecular weight excluding hydrogens is 148 g/mol. The molecule has 0 aliphatic carbocycles. The SMILES string of the molecule is CCCC(C)C(C)C/C=C/C=O. The summed E-state index contributed by atoms with van der Waals surface area (Å²) < 4.78 is 0. The number of allylic oxidation sites excluding steroid dienone is 2. The molecule has 0 aliphatic rings. The topological polar surface area (TPSA) is 17.1 Å². The number of rotatable bonds is 6. The first-order valence-electron chi connectivity index (χ1n) is 4.82. The Morgan fingerprint density at radius 1 is 1.25 bits per heavy atom.